The van der Waals surface area contributed by atoms with Crippen LogP contribution in [-0.4, -0.2) is 7.05 Å². The summed E-state index contributed by atoms with van der Waals surface area (Å²) in [4.78, 5) is 0. The summed E-state index contributed by atoms with van der Waals surface area (Å²) < 4.78 is 5.67. The van der Waals surface area contributed by atoms with Crippen LogP contribution in [0.25, 0.3) is 0 Å². The van der Waals surface area contributed by atoms with E-state index in [-0.39, 0.29) is 0 Å². The number of aryl methyl sites for hydroxylation is 1. The van der Waals surface area contributed by atoms with Gasteiger partial charge in [0, 0.05) is 0 Å². The molecule has 2 nitrogen and oxygen atoms in total. The van der Waals surface area contributed by atoms with E-state index >= 15 is 0 Å². The van der Waals surface area contributed by atoms with Gasteiger partial charge in [-0.15, -0.1) is 0 Å². The topological polar surface area (TPSA) is 25.2 Å². The molecule has 2 rings (SSSR count). The predicted octanol–water partition coefficient (Wildman–Crippen LogP) is 2.89. The molecule has 1 aromatic heterocycles. The molecule has 1 aromatic rings. The van der Waals surface area contributed by atoms with Gasteiger partial charge in [-0.2, -0.15) is 0 Å². The van der Waals surface area contributed by atoms with Crippen molar-refractivity contribution < 1.29 is 4.42 Å². The molecule has 1 saturated carbocycles. The molecule has 1 fully saturated rings. The van der Waals surface area contributed by atoms with Gasteiger partial charge >= 0.3 is 0 Å². The van der Waals surface area contributed by atoms with E-state index in [1.807, 2.05) is 20.0 Å². The fourth-order valence-electron chi connectivity index (χ4n) is 2.18. The average Bonchev–Trinajstić information content (AvgIpc) is 2.92. The van der Waals surface area contributed by atoms with Crippen molar-refractivity contribution in [2.75, 3.05) is 7.05 Å². The predicted molar refractivity (Wildman–Crippen MR) is 57.1 cm³/mol. The van der Waals surface area contributed by atoms with Crippen molar-refractivity contribution in [2.45, 2.75) is 32.7 Å². The lowest BCUT2D eigenvalue weighted by Gasteiger charge is -2.21. The van der Waals surface area contributed by atoms with E-state index < -0.39 is 0 Å². The molecule has 0 saturated heterocycles. The van der Waals surface area contributed by atoms with E-state index in [4.69, 9.17) is 4.42 Å². The summed E-state index contributed by atoms with van der Waals surface area (Å²) in [5, 5.41) is 3.36. The summed E-state index contributed by atoms with van der Waals surface area (Å²) in [6.45, 7) is 4.31. The van der Waals surface area contributed by atoms with E-state index in [1.54, 1.807) is 0 Å². The van der Waals surface area contributed by atoms with Crippen LogP contribution >= 0.6 is 0 Å². The second-order valence-corrected chi connectivity index (χ2v) is 4.41. The number of hydrogen-bond donors (Lipinski definition) is 1. The lowest BCUT2D eigenvalue weighted by Crippen LogP contribution is -2.24. The Balaban J connectivity index is 2.11. The summed E-state index contributed by atoms with van der Waals surface area (Å²) in [6, 6.07) is 4.52. The molecular formula is C12H19NO. The van der Waals surface area contributed by atoms with Crippen molar-refractivity contribution >= 4 is 0 Å². The van der Waals surface area contributed by atoms with Crippen LogP contribution in [-0.2, 0) is 0 Å². The molecule has 0 amide bonds. The van der Waals surface area contributed by atoms with Crippen LogP contribution in [0, 0.1) is 18.8 Å². The van der Waals surface area contributed by atoms with Crippen LogP contribution < -0.4 is 5.32 Å². The van der Waals surface area contributed by atoms with Gasteiger partial charge < -0.3 is 9.73 Å². The van der Waals surface area contributed by atoms with Crippen molar-refractivity contribution in [3.8, 4) is 0 Å². The molecule has 2 heteroatoms. The van der Waals surface area contributed by atoms with Crippen molar-refractivity contribution in [3.05, 3.63) is 23.7 Å². The zero-order chi connectivity index (χ0) is 10.1. The van der Waals surface area contributed by atoms with Crippen molar-refractivity contribution in [1.29, 1.82) is 0 Å². The van der Waals surface area contributed by atoms with Gasteiger partial charge in [-0.05, 0) is 50.8 Å². The van der Waals surface area contributed by atoms with Gasteiger partial charge in [-0.25, -0.2) is 0 Å². The van der Waals surface area contributed by atoms with Crippen LogP contribution in [0.5, 0.6) is 0 Å². The second-order valence-electron chi connectivity index (χ2n) is 4.41. The lowest BCUT2D eigenvalue weighted by molar-refractivity contribution is 0.310. The van der Waals surface area contributed by atoms with Gasteiger partial charge in [0.25, 0.3) is 0 Å². The molecule has 0 bridgehead atoms. The lowest BCUT2D eigenvalue weighted by atomic mass is 9.95. The van der Waals surface area contributed by atoms with Crippen LogP contribution in [0.15, 0.2) is 16.5 Å². The fraction of sp³-hybridized carbons (Fsp3) is 0.667. The van der Waals surface area contributed by atoms with Crippen molar-refractivity contribution in [3.63, 3.8) is 0 Å². The minimum absolute atomic E-state index is 0.385. The average molecular weight is 193 g/mol. The molecule has 14 heavy (non-hydrogen) atoms. The van der Waals surface area contributed by atoms with Gasteiger partial charge in [-0.1, -0.05) is 6.92 Å². The van der Waals surface area contributed by atoms with E-state index in [0.717, 1.165) is 17.4 Å². The highest BCUT2D eigenvalue weighted by atomic mass is 16.3. The van der Waals surface area contributed by atoms with E-state index in [0.29, 0.717) is 12.0 Å². The maximum Gasteiger partial charge on any atom is 0.121 e. The normalized spacial score (nSPS) is 20.8. The van der Waals surface area contributed by atoms with Gasteiger partial charge in [0.15, 0.2) is 0 Å². The molecule has 1 aliphatic carbocycles. The molecule has 1 heterocycles. The third kappa shape index (κ3) is 1.85. The first-order valence-electron chi connectivity index (χ1n) is 5.46. The summed E-state index contributed by atoms with van der Waals surface area (Å²) in [6.07, 6.45) is 2.78. The fourth-order valence-corrected chi connectivity index (χ4v) is 2.18. The first kappa shape index (κ1) is 9.78. The molecule has 78 valence electrons. The maximum atomic E-state index is 5.67. The molecule has 0 aliphatic heterocycles. The SMILES string of the molecule is CNC(c1ccc(C)o1)C(C)C1CC1. The number of rotatable bonds is 4. The zero-order valence-corrected chi connectivity index (χ0v) is 9.21. The van der Waals surface area contributed by atoms with Gasteiger partial charge in [0.05, 0.1) is 6.04 Å². The Morgan fingerprint density at radius 1 is 1.43 bits per heavy atom. The van der Waals surface area contributed by atoms with Crippen molar-refractivity contribution in [1.82, 2.24) is 5.32 Å². The minimum atomic E-state index is 0.385. The van der Waals surface area contributed by atoms with Crippen LogP contribution in [0.3, 0.4) is 0 Å². The molecule has 1 N–H and O–H groups in total. The van der Waals surface area contributed by atoms with E-state index in [1.165, 1.54) is 12.8 Å². The van der Waals surface area contributed by atoms with Crippen LogP contribution in [0.1, 0.15) is 37.3 Å². The molecular weight excluding hydrogens is 174 g/mol. The van der Waals surface area contributed by atoms with Gasteiger partial charge in [0.2, 0.25) is 0 Å². The Hall–Kier alpha value is -0.760. The second kappa shape index (κ2) is 3.77. The highest BCUT2D eigenvalue weighted by molar-refractivity contribution is 5.11. The first-order chi connectivity index (χ1) is 6.72. The third-order valence-corrected chi connectivity index (χ3v) is 3.27. The Labute approximate surface area is 85.7 Å². The molecule has 0 spiro atoms. The minimum Gasteiger partial charge on any atom is -0.465 e. The first-order valence-corrected chi connectivity index (χ1v) is 5.46. The van der Waals surface area contributed by atoms with Crippen LogP contribution in [0.2, 0.25) is 0 Å². The Morgan fingerprint density at radius 3 is 2.57 bits per heavy atom. The smallest absolute Gasteiger partial charge is 0.121 e. The van der Waals surface area contributed by atoms with Crippen molar-refractivity contribution in [2.24, 2.45) is 11.8 Å². The third-order valence-electron chi connectivity index (χ3n) is 3.27. The Bertz CT molecular complexity index is 301. The van der Waals surface area contributed by atoms with E-state index in [2.05, 4.69) is 18.3 Å². The Kier molecular flexibility index (Phi) is 2.64. The quantitative estimate of drug-likeness (QED) is 0.795. The Morgan fingerprint density at radius 2 is 2.14 bits per heavy atom. The molecule has 0 aromatic carbocycles. The summed E-state index contributed by atoms with van der Waals surface area (Å²) >= 11 is 0. The number of furan rings is 1. The molecule has 2 unspecified atom stereocenters. The molecule has 1 aliphatic rings. The monoisotopic (exact) mass is 193 g/mol. The van der Waals surface area contributed by atoms with Crippen LogP contribution in [0.4, 0.5) is 0 Å². The highest BCUT2D eigenvalue weighted by Crippen LogP contribution is 2.42. The summed E-state index contributed by atoms with van der Waals surface area (Å²) in [7, 11) is 2.02. The summed E-state index contributed by atoms with van der Waals surface area (Å²) in [5.41, 5.74) is 0. The number of hydrogen-bond acceptors (Lipinski definition) is 2. The highest BCUT2D eigenvalue weighted by Gasteiger charge is 2.34. The standard InChI is InChI=1S/C12H19NO/c1-8-4-7-11(14-8)12(13-3)9(2)10-5-6-10/h4,7,9-10,12-13H,5-6H2,1-3H3. The van der Waals surface area contributed by atoms with E-state index in [9.17, 15) is 0 Å². The largest absolute Gasteiger partial charge is 0.465 e. The van der Waals surface area contributed by atoms with Gasteiger partial charge in [-0.3, -0.25) is 0 Å². The molecule has 0 radical (unpaired) electrons. The zero-order valence-electron chi connectivity index (χ0n) is 9.21. The van der Waals surface area contributed by atoms with Gasteiger partial charge in [0.1, 0.15) is 11.5 Å². The maximum absolute atomic E-state index is 5.67. The molecule has 2 atom stereocenters. The number of nitrogens with one attached hydrogen (secondary N) is 1. The summed E-state index contributed by atoms with van der Waals surface area (Å²) in [5.74, 6) is 3.68.